The van der Waals surface area contributed by atoms with E-state index in [-0.39, 0.29) is 0 Å². The normalized spacial score (nSPS) is 10.8. The van der Waals surface area contributed by atoms with Crippen LogP contribution in [0.3, 0.4) is 0 Å². The van der Waals surface area contributed by atoms with Crippen molar-refractivity contribution in [3.63, 3.8) is 0 Å². The largest absolute Gasteiger partial charge is 0.399 e. The summed E-state index contributed by atoms with van der Waals surface area (Å²) in [5.41, 5.74) is 15.9. The van der Waals surface area contributed by atoms with Crippen LogP contribution in [0.2, 0.25) is 0 Å². The summed E-state index contributed by atoms with van der Waals surface area (Å²) in [5.74, 6) is 0. The second-order valence-electron chi connectivity index (χ2n) is 6.50. The lowest BCUT2D eigenvalue weighted by Crippen LogP contribution is -2.16. The Bertz CT molecular complexity index is 507. The molecule has 3 nitrogen and oxygen atoms in total. The molecule has 5 N–H and O–H groups in total. The summed E-state index contributed by atoms with van der Waals surface area (Å²) in [6, 6.07) is 16.5. The van der Waals surface area contributed by atoms with Crippen LogP contribution in [-0.2, 0) is 12.8 Å². The zero-order chi connectivity index (χ0) is 17.0. The van der Waals surface area contributed by atoms with Crippen LogP contribution < -0.4 is 16.8 Å². The first-order chi connectivity index (χ1) is 11.7. The molecule has 2 aromatic carbocycles. The summed E-state index contributed by atoms with van der Waals surface area (Å²) in [5, 5.41) is 3.55. The summed E-state index contributed by atoms with van der Waals surface area (Å²) >= 11 is 0. The standard InChI is InChI=1S/C21H31N3/c22-20-12-8-18(9-13-20)6-2-1-4-16-24-17-5-3-7-19-10-14-21(23)15-11-19/h8-15,24H,1-7,16-17,22-23H2. The molecule has 0 amide bonds. The minimum Gasteiger partial charge on any atom is -0.399 e. The van der Waals surface area contributed by atoms with Crippen LogP contribution in [0.5, 0.6) is 0 Å². The highest BCUT2D eigenvalue weighted by atomic mass is 14.8. The Hall–Kier alpha value is -2.00. The van der Waals surface area contributed by atoms with Crippen molar-refractivity contribution in [1.82, 2.24) is 5.32 Å². The van der Waals surface area contributed by atoms with Gasteiger partial charge in [0.05, 0.1) is 0 Å². The Kier molecular flexibility index (Phi) is 8.19. The smallest absolute Gasteiger partial charge is 0.0314 e. The van der Waals surface area contributed by atoms with Crippen molar-refractivity contribution in [1.29, 1.82) is 0 Å². The monoisotopic (exact) mass is 325 g/mol. The number of unbranched alkanes of at least 4 members (excludes halogenated alkanes) is 3. The van der Waals surface area contributed by atoms with E-state index in [1.54, 1.807) is 0 Å². The SMILES string of the molecule is Nc1ccc(CCCCCNCCCCc2ccc(N)cc2)cc1. The highest BCUT2D eigenvalue weighted by Crippen LogP contribution is 2.10. The maximum absolute atomic E-state index is 5.70. The Balaban J connectivity index is 1.40. The third-order valence-electron chi connectivity index (χ3n) is 4.35. The van der Waals surface area contributed by atoms with E-state index >= 15 is 0 Å². The molecule has 0 saturated carbocycles. The Morgan fingerprint density at radius 2 is 0.958 bits per heavy atom. The molecule has 3 heteroatoms. The van der Waals surface area contributed by atoms with Crippen molar-refractivity contribution in [2.24, 2.45) is 0 Å². The maximum atomic E-state index is 5.70. The summed E-state index contributed by atoms with van der Waals surface area (Å²) in [7, 11) is 0. The minimum absolute atomic E-state index is 0.844. The zero-order valence-corrected chi connectivity index (χ0v) is 14.6. The molecular formula is C21H31N3. The summed E-state index contributed by atoms with van der Waals surface area (Å²) in [6.45, 7) is 2.25. The van der Waals surface area contributed by atoms with Gasteiger partial charge in [-0.3, -0.25) is 0 Å². The lowest BCUT2D eigenvalue weighted by molar-refractivity contribution is 0.578. The van der Waals surface area contributed by atoms with Gasteiger partial charge in [0.2, 0.25) is 0 Å². The zero-order valence-electron chi connectivity index (χ0n) is 14.6. The van der Waals surface area contributed by atoms with E-state index in [2.05, 4.69) is 29.6 Å². The summed E-state index contributed by atoms with van der Waals surface area (Å²) in [4.78, 5) is 0. The topological polar surface area (TPSA) is 64.1 Å². The predicted molar refractivity (Wildman–Crippen MR) is 105 cm³/mol. The number of aryl methyl sites for hydroxylation is 2. The molecular weight excluding hydrogens is 294 g/mol. The van der Waals surface area contributed by atoms with Crippen LogP contribution in [0, 0.1) is 0 Å². The van der Waals surface area contributed by atoms with E-state index in [4.69, 9.17) is 11.5 Å². The Morgan fingerprint density at radius 1 is 0.542 bits per heavy atom. The molecule has 0 aromatic heterocycles. The number of nitrogens with two attached hydrogens (primary N) is 2. The molecule has 130 valence electrons. The van der Waals surface area contributed by atoms with Gasteiger partial charge in [-0.15, -0.1) is 0 Å². The average Bonchev–Trinajstić information content (AvgIpc) is 2.60. The first-order valence-electron chi connectivity index (χ1n) is 9.13. The van der Waals surface area contributed by atoms with Gasteiger partial charge in [-0.05, 0) is 87.0 Å². The number of anilines is 2. The number of hydrogen-bond acceptors (Lipinski definition) is 3. The van der Waals surface area contributed by atoms with Gasteiger partial charge in [-0.2, -0.15) is 0 Å². The Morgan fingerprint density at radius 3 is 1.46 bits per heavy atom. The van der Waals surface area contributed by atoms with E-state index in [1.807, 2.05) is 24.3 Å². The molecule has 0 saturated heterocycles. The van der Waals surface area contributed by atoms with Crippen molar-refractivity contribution in [2.75, 3.05) is 24.6 Å². The number of rotatable bonds is 11. The Labute approximate surface area is 146 Å². The molecule has 0 bridgehead atoms. The fraction of sp³-hybridized carbons (Fsp3) is 0.429. The van der Waals surface area contributed by atoms with Gasteiger partial charge < -0.3 is 16.8 Å². The van der Waals surface area contributed by atoms with Gasteiger partial charge in [0.25, 0.3) is 0 Å². The number of benzene rings is 2. The molecule has 0 aliphatic heterocycles. The molecule has 0 heterocycles. The van der Waals surface area contributed by atoms with Crippen molar-refractivity contribution >= 4 is 11.4 Å². The molecule has 0 fully saturated rings. The van der Waals surface area contributed by atoms with E-state index in [0.29, 0.717) is 0 Å². The van der Waals surface area contributed by atoms with Gasteiger partial charge >= 0.3 is 0 Å². The van der Waals surface area contributed by atoms with E-state index in [9.17, 15) is 0 Å². The molecule has 0 aliphatic carbocycles. The highest BCUT2D eigenvalue weighted by molar-refractivity contribution is 5.39. The van der Waals surface area contributed by atoms with Crippen molar-refractivity contribution in [3.05, 3.63) is 59.7 Å². The summed E-state index contributed by atoms with van der Waals surface area (Å²) in [6.07, 6.45) is 8.55. The van der Waals surface area contributed by atoms with E-state index in [1.165, 1.54) is 43.2 Å². The van der Waals surface area contributed by atoms with Crippen LogP contribution in [0.4, 0.5) is 11.4 Å². The second-order valence-corrected chi connectivity index (χ2v) is 6.50. The number of nitrogens with one attached hydrogen (secondary N) is 1. The van der Waals surface area contributed by atoms with Crippen molar-refractivity contribution < 1.29 is 0 Å². The number of hydrogen-bond donors (Lipinski definition) is 3. The van der Waals surface area contributed by atoms with Crippen LogP contribution >= 0.6 is 0 Å². The highest BCUT2D eigenvalue weighted by Gasteiger charge is 1.96. The first-order valence-corrected chi connectivity index (χ1v) is 9.13. The van der Waals surface area contributed by atoms with Crippen LogP contribution in [0.25, 0.3) is 0 Å². The molecule has 0 spiro atoms. The molecule has 0 radical (unpaired) electrons. The first kappa shape index (κ1) is 18.3. The third kappa shape index (κ3) is 7.51. The minimum atomic E-state index is 0.844. The van der Waals surface area contributed by atoms with Gasteiger partial charge in [-0.25, -0.2) is 0 Å². The lowest BCUT2D eigenvalue weighted by atomic mass is 10.1. The maximum Gasteiger partial charge on any atom is 0.0314 e. The molecule has 0 atom stereocenters. The fourth-order valence-corrected chi connectivity index (χ4v) is 2.83. The van der Waals surface area contributed by atoms with Gasteiger partial charge in [0, 0.05) is 11.4 Å². The quantitative estimate of drug-likeness (QED) is 0.429. The van der Waals surface area contributed by atoms with Gasteiger partial charge in [0.1, 0.15) is 0 Å². The summed E-state index contributed by atoms with van der Waals surface area (Å²) < 4.78 is 0. The van der Waals surface area contributed by atoms with Gasteiger partial charge in [0.15, 0.2) is 0 Å². The fourth-order valence-electron chi connectivity index (χ4n) is 2.83. The lowest BCUT2D eigenvalue weighted by Gasteiger charge is -2.06. The van der Waals surface area contributed by atoms with E-state index in [0.717, 1.165) is 37.3 Å². The van der Waals surface area contributed by atoms with Crippen LogP contribution in [0.1, 0.15) is 43.2 Å². The van der Waals surface area contributed by atoms with Crippen LogP contribution in [0.15, 0.2) is 48.5 Å². The average molecular weight is 326 g/mol. The molecule has 0 aliphatic rings. The molecule has 0 unspecified atom stereocenters. The van der Waals surface area contributed by atoms with Crippen molar-refractivity contribution in [3.8, 4) is 0 Å². The van der Waals surface area contributed by atoms with Crippen molar-refractivity contribution in [2.45, 2.75) is 44.9 Å². The van der Waals surface area contributed by atoms with Gasteiger partial charge in [-0.1, -0.05) is 30.7 Å². The number of nitrogen functional groups attached to an aromatic ring is 2. The molecule has 2 aromatic rings. The van der Waals surface area contributed by atoms with Crippen LogP contribution in [-0.4, -0.2) is 13.1 Å². The molecule has 24 heavy (non-hydrogen) atoms. The third-order valence-corrected chi connectivity index (χ3v) is 4.35. The predicted octanol–water partition coefficient (Wildman–Crippen LogP) is 4.18. The van der Waals surface area contributed by atoms with E-state index < -0.39 is 0 Å². The second kappa shape index (κ2) is 10.7. The molecule has 2 rings (SSSR count).